The summed E-state index contributed by atoms with van der Waals surface area (Å²) in [6, 6.07) is 14.1. The average molecular weight is 487 g/mol. The van der Waals surface area contributed by atoms with Gasteiger partial charge in [0.15, 0.2) is 23.0 Å². The predicted octanol–water partition coefficient (Wildman–Crippen LogP) is 3.82. The molecule has 1 fully saturated rings. The molecule has 0 aliphatic carbocycles. The predicted molar refractivity (Wildman–Crippen MR) is 139 cm³/mol. The molecule has 1 aliphatic rings. The third-order valence-electron chi connectivity index (χ3n) is 6.47. The average Bonchev–Trinajstić information content (AvgIpc) is 3.38. The van der Waals surface area contributed by atoms with Crippen LogP contribution in [-0.4, -0.2) is 70.5 Å². The first kappa shape index (κ1) is 23.6. The molecule has 9 nitrogen and oxygen atoms in total. The van der Waals surface area contributed by atoms with Gasteiger partial charge in [0.25, 0.3) is 0 Å². The van der Waals surface area contributed by atoms with Crippen molar-refractivity contribution >= 4 is 23.1 Å². The van der Waals surface area contributed by atoms with Gasteiger partial charge in [-0.15, -0.1) is 0 Å². The van der Waals surface area contributed by atoms with Crippen LogP contribution < -0.4 is 14.8 Å². The van der Waals surface area contributed by atoms with Crippen molar-refractivity contribution in [2.24, 2.45) is 0 Å². The minimum atomic E-state index is 0.148. The van der Waals surface area contributed by atoms with E-state index in [1.807, 2.05) is 39.9 Å². The summed E-state index contributed by atoms with van der Waals surface area (Å²) in [5.74, 6) is 2.09. The SMILES string of the molecule is COc1ccc(Nc2nc(-c3cccc(CN4CCN(C(C)=O)CC4)c3)cn3ccnc23)cc1OC. The Morgan fingerprint density at radius 1 is 1.03 bits per heavy atom. The molecule has 0 spiro atoms. The molecule has 5 rings (SSSR count). The highest BCUT2D eigenvalue weighted by Gasteiger charge is 2.19. The third-order valence-corrected chi connectivity index (χ3v) is 6.47. The van der Waals surface area contributed by atoms with Gasteiger partial charge in [-0.25, -0.2) is 9.97 Å². The lowest BCUT2D eigenvalue weighted by Crippen LogP contribution is -2.47. The standard InChI is InChI=1S/C27H30N6O3/c1-19(34)32-13-11-31(12-14-32)17-20-5-4-6-21(15-20)23-18-33-10-9-28-27(33)26(30-23)29-22-7-8-24(35-2)25(16-22)36-3/h4-10,15-16,18H,11-14,17H2,1-3H3,(H,29,30). The molecule has 3 heterocycles. The highest BCUT2D eigenvalue weighted by Crippen LogP contribution is 2.32. The number of piperazine rings is 1. The van der Waals surface area contributed by atoms with Gasteiger partial charge in [0.2, 0.25) is 5.91 Å². The Labute approximate surface area is 210 Å². The Kier molecular flexibility index (Phi) is 6.73. The molecule has 186 valence electrons. The minimum absolute atomic E-state index is 0.148. The zero-order chi connectivity index (χ0) is 25.1. The first-order valence-electron chi connectivity index (χ1n) is 11.9. The molecule has 4 aromatic rings. The molecule has 36 heavy (non-hydrogen) atoms. The fourth-order valence-corrected chi connectivity index (χ4v) is 4.51. The number of anilines is 2. The van der Waals surface area contributed by atoms with E-state index in [2.05, 4.69) is 39.5 Å². The number of imidazole rings is 1. The quantitative estimate of drug-likeness (QED) is 0.425. The maximum atomic E-state index is 11.6. The summed E-state index contributed by atoms with van der Waals surface area (Å²) in [6.45, 7) is 5.78. The molecule has 0 saturated carbocycles. The summed E-state index contributed by atoms with van der Waals surface area (Å²) in [4.78, 5) is 25.3. The van der Waals surface area contributed by atoms with Crippen molar-refractivity contribution in [2.75, 3.05) is 45.7 Å². The monoisotopic (exact) mass is 486 g/mol. The van der Waals surface area contributed by atoms with E-state index in [9.17, 15) is 4.79 Å². The lowest BCUT2D eigenvalue weighted by Gasteiger charge is -2.34. The molecule has 1 amide bonds. The Morgan fingerprint density at radius 3 is 2.58 bits per heavy atom. The van der Waals surface area contributed by atoms with E-state index >= 15 is 0 Å². The number of carbonyl (C=O) groups excluding carboxylic acids is 1. The van der Waals surface area contributed by atoms with Crippen LogP contribution in [0.5, 0.6) is 11.5 Å². The molecule has 0 unspecified atom stereocenters. The molecule has 2 aromatic heterocycles. The number of amides is 1. The molecule has 1 N–H and O–H groups in total. The van der Waals surface area contributed by atoms with Gasteiger partial charge in [-0.1, -0.05) is 18.2 Å². The van der Waals surface area contributed by atoms with E-state index in [0.29, 0.717) is 17.3 Å². The smallest absolute Gasteiger partial charge is 0.219 e. The number of benzene rings is 2. The first-order valence-corrected chi connectivity index (χ1v) is 11.9. The fourth-order valence-electron chi connectivity index (χ4n) is 4.51. The minimum Gasteiger partial charge on any atom is -0.493 e. The van der Waals surface area contributed by atoms with Crippen molar-refractivity contribution in [2.45, 2.75) is 13.5 Å². The molecule has 0 radical (unpaired) electrons. The van der Waals surface area contributed by atoms with E-state index in [4.69, 9.17) is 14.5 Å². The zero-order valence-electron chi connectivity index (χ0n) is 20.8. The van der Waals surface area contributed by atoms with Gasteiger partial charge in [0.1, 0.15) is 0 Å². The Hall–Kier alpha value is -4.11. The Balaban J connectivity index is 1.40. The van der Waals surface area contributed by atoms with E-state index in [-0.39, 0.29) is 5.91 Å². The van der Waals surface area contributed by atoms with Crippen LogP contribution in [-0.2, 0) is 11.3 Å². The number of hydrogen-bond donors (Lipinski definition) is 1. The van der Waals surface area contributed by atoms with Gasteiger partial charge < -0.3 is 24.1 Å². The van der Waals surface area contributed by atoms with Gasteiger partial charge in [-0.2, -0.15) is 0 Å². The van der Waals surface area contributed by atoms with Crippen molar-refractivity contribution < 1.29 is 14.3 Å². The number of ether oxygens (including phenoxy) is 2. The van der Waals surface area contributed by atoms with E-state index in [1.54, 1.807) is 27.3 Å². The van der Waals surface area contributed by atoms with Gasteiger partial charge in [-0.3, -0.25) is 9.69 Å². The van der Waals surface area contributed by atoms with E-state index < -0.39 is 0 Å². The van der Waals surface area contributed by atoms with Crippen LogP contribution in [0.2, 0.25) is 0 Å². The molecule has 2 aromatic carbocycles. The van der Waals surface area contributed by atoms with Crippen LogP contribution in [0.15, 0.2) is 61.1 Å². The molecule has 0 atom stereocenters. The topological polar surface area (TPSA) is 84.2 Å². The highest BCUT2D eigenvalue weighted by atomic mass is 16.5. The van der Waals surface area contributed by atoms with Crippen LogP contribution in [0, 0.1) is 0 Å². The molecular formula is C27H30N6O3. The molecule has 1 saturated heterocycles. The summed E-state index contributed by atoms with van der Waals surface area (Å²) in [7, 11) is 3.23. The van der Waals surface area contributed by atoms with Crippen LogP contribution in [0.3, 0.4) is 0 Å². The summed E-state index contributed by atoms with van der Waals surface area (Å²) in [5, 5.41) is 3.39. The molecular weight excluding hydrogens is 456 g/mol. The van der Waals surface area contributed by atoms with Crippen molar-refractivity contribution in [3.63, 3.8) is 0 Å². The highest BCUT2D eigenvalue weighted by molar-refractivity contribution is 5.75. The number of nitrogens with one attached hydrogen (secondary N) is 1. The van der Waals surface area contributed by atoms with Crippen molar-refractivity contribution in [1.82, 2.24) is 24.2 Å². The van der Waals surface area contributed by atoms with Crippen molar-refractivity contribution in [3.8, 4) is 22.8 Å². The fraction of sp³-hybridized carbons (Fsp3) is 0.296. The maximum absolute atomic E-state index is 11.6. The summed E-state index contributed by atoms with van der Waals surface area (Å²) in [6.07, 6.45) is 5.67. The second kappa shape index (κ2) is 10.2. The van der Waals surface area contributed by atoms with Crippen LogP contribution in [0.1, 0.15) is 12.5 Å². The summed E-state index contributed by atoms with van der Waals surface area (Å²) < 4.78 is 12.8. The van der Waals surface area contributed by atoms with E-state index in [0.717, 1.165) is 55.3 Å². The van der Waals surface area contributed by atoms with Gasteiger partial charge in [0.05, 0.1) is 19.9 Å². The van der Waals surface area contributed by atoms with Gasteiger partial charge in [-0.05, 0) is 23.8 Å². The summed E-state index contributed by atoms with van der Waals surface area (Å²) in [5.41, 5.74) is 4.63. The Bertz CT molecular complexity index is 1380. The molecule has 0 bridgehead atoms. The maximum Gasteiger partial charge on any atom is 0.219 e. The largest absolute Gasteiger partial charge is 0.493 e. The normalized spacial score (nSPS) is 14.1. The number of rotatable bonds is 7. The number of methoxy groups -OCH3 is 2. The Morgan fingerprint density at radius 2 is 1.83 bits per heavy atom. The number of aromatic nitrogens is 3. The second-order valence-corrected chi connectivity index (χ2v) is 8.81. The second-order valence-electron chi connectivity index (χ2n) is 8.81. The van der Waals surface area contributed by atoms with Crippen LogP contribution >= 0.6 is 0 Å². The van der Waals surface area contributed by atoms with Crippen molar-refractivity contribution in [3.05, 3.63) is 66.6 Å². The summed E-state index contributed by atoms with van der Waals surface area (Å²) >= 11 is 0. The van der Waals surface area contributed by atoms with Gasteiger partial charge >= 0.3 is 0 Å². The van der Waals surface area contributed by atoms with Crippen LogP contribution in [0.25, 0.3) is 16.9 Å². The van der Waals surface area contributed by atoms with E-state index in [1.165, 1.54) is 5.56 Å². The molecule has 9 heteroatoms. The third kappa shape index (κ3) is 4.96. The molecule has 1 aliphatic heterocycles. The van der Waals surface area contributed by atoms with Gasteiger partial charge in [0, 0.05) is 75.6 Å². The number of hydrogen-bond acceptors (Lipinski definition) is 7. The number of nitrogens with zero attached hydrogens (tertiary/aromatic N) is 5. The first-order chi connectivity index (χ1) is 17.5. The van der Waals surface area contributed by atoms with Crippen molar-refractivity contribution in [1.29, 1.82) is 0 Å². The van der Waals surface area contributed by atoms with Crippen LogP contribution in [0.4, 0.5) is 11.5 Å². The zero-order valence-corrected chi connectivity index (χ0v) is 20.8. The number of carbonyl (C=O) groups is 1. The number of fused-ring (bicyclic) bond motifs is 1. The lowest BCUT2D eigenvalue weighted by atomic mass is 10.1. The lowest BCUT2D eigenvalue weighted by molar-refractivity contribution is -0.130.